The minimum absolute atomic E-state index is 0.765. The van der Waals surface area contributed by atoms with Gasteiger partial charge in [0.05, 0.1) is 23.6 Å². The number of nitrogen functional groups attached to an aromatic ring is 1. The predicted molar refractivity (Wildman–Crippen MR) is 86.3 cm³/mol. The van der Waals surface area contributed by atoms with E-state index >= 15 is 0 Å². The number of nitrogens with two attached hydrogens (primary N) is 1. The molecule has 0 amide bonds. The maximum Gasteiger partial charge on any atom is 0.188 e. The van der Waals surface area contributed by atoms with Gasteiger partial charge in [0.15, 0.2) is 16.6 Å². The summed E-state index contributed by atoms with van der Waals surface area (Å²) < 4.78 is 6.46. The summed E-state index contributed by atoms with van der Waals surface area (Å²) in [6.07, 6.45) is 2.44. The summed E-state index contributed by atoms with van der Waals surface area (Å²) in [5.74, 6) is 0.902. The molecule has 6 nitrogen and oxygen atoms in total. The molecule has 2 saturated heterocycles. The van der Waals surface area contributed by atoms with Crippen LogP contribution in [0.5, 0.6) is 0 Å². The maximum atomic E-state index is 6.20. The Kier molecular flexibility index (Phi) is 3.31. The van der Waals surface area contributed by atoms with E-state index in [0.29, 0.717) is 0 Å². The lowest BCUT2D eigenvalue weighted by molar-refractivity contribution is 0.122. The van der Waals surface area contributed by atoms with Crippen LogP contribution in [0.15, 0.2) is 6.07 Å². The third-order valence-corrected chi connectivity index (χ3v) is 5.12. The summed E-state index contributed by atoms with van der Waals surface area (Å²) in [6, 6.07) is 2.03. The van der Waals surface area contributed by atoms with Gasteiger partial charge in [-0.3, -0.25) is 0 Å². The van der Waals surface area contributed by atoms with Crippen LogP contribution in [0.25, 0.3) is 10.3 Å². The number of pyridine rings is 1. The molecule has 2 aromatic heterocycles. The predicted octanol–water partition coefficient (Wildman–Crippen LogP) is 1.71. The van der Waals surface area contributed by atoms with Gasteiger partial charge in [-0.2, -0.15) is 4.98 Å². The Morgan fingerprint density at radius 3 is 2.57 bits per heavy atom. The van der Waals surface area contributed by atoms with E-state index in [1.165, 1.54) is 12.8 Å². The number of hydrogen-bond acceptors (Lipinski definition) is 7. The first-order valence-corrected chi connectivity index (χ1v) is 8.27. The van der Waals surface area contributed by atoms with Gasteiger partial charge in [-0.05, 0) is 18.9 Å². The normalized spacial score (nSPS) is 19.6. The summed E-state index contributed by atoms with van der Waals surface area (Å²) in [7, 11) is 0. The standard InChI is InChI=1S/C14H19N5OS/c15-10-9-11-12(16-13(10)18-3-1-2-4-18)17-14(21-11)19-5-7-20-8-6-19/h9H,1-8,15H2. The molecular weight excluding hydrogens is 286 g/mol. The Hall–Kier alpha value is -1.60. The summed E-state index contributed by atoms with van der Waals surface area (Å²) in [6.45, 7) is 5.42. The molecule has 0 unspecified atom stereocenters. The molecule has 4 heterocycles. The van der Waals surface area contributed by atoms with Gasteiger partial charge >= 0.3 is 0 Å². The molecule has 2 aliphatic heterocycles. The molecule has 2 N–H and O–H groups in total. The fourth-order valence-electron chi connectivity index (χ4n) is 2.93. The number of morpholine rings is 1. The average Bonchev–Trinajstić information content (AvgIpc) is 3.16. The fraction of sp³-hybridized carbons (Fsp3) is 0.571. The second-order valence-electron chi connectivity index (χ2n) is 5.51. The first-order valence-electron chi connectivity index (χ1n) is 7.46. The van der Waals surface area contributed by atoms with E-state index in [0.717, 1.165) is 66.4 Å². The SMILES string of the molecule is Nc1cc2sc(N3CCOCC3)nc2nc1N1CCCC1. The lowest BCUT2D eigenvalue weighted by atomic mass is 10.3. The Bertz CT molecular complexity index is 646. The summed E-state index contributed by atoms with van der Waals surface area (Å²) >= 11 is 1.67. The van der Waals surface area contributed by atoms with Crippen LogP contribution in [0.1, 0.15) is 12.8 Å². The van der Waals surface area contributed by atoms with Crippen molar-refractivity contribution in [2.45, 2.75) is 12.8 Å². The van der Waals surface area contributed by atoms with Crippen LogP contribution in [0.4, 0.5) is 16.6 Å². The molecule has 0 bridgehead atoms. The van der Waals surface area contributed by atoms with Crippen LogP contribution in [0, 0.1) is 0 Å². The summed E-state index contributed by atoms with van der Waals surface area (Å²) in [4.78, 5) is 14.0. The van der Waals surface area contributed by atoms with Crippen molar-refractivity contribution in [2.75, 3.05) is 54.9 Å². The highest BCUT2D eigenvalue weighted by atomic mass is 32.1. The van der Waals surface area contributed by atoms with Crippen molar-refractivity contribution < 1.29 is 4.74 Å². The molecule has 0 radical (unpaired) electrons. The zero-order valence-corrected chi connectivity index (χ0v) is 12.7. The van der Waals surface area contributed by atoms with E-state index in [9.17, 15) is 0 Å². The lowest BCUT2D eigenvalue weighted by Crippen LogP contribution is -2.36. The van der Waals surface area contributed by atoms with Crippen LogP contribution >= 0.6 is 11.3 Å². The van der Waals surface area contributed by atoms with Gasteiger partial charge < -0.3 is 20.3 Å². The number of fused-ring (bicyclic) bond motifs is 1. The minimum atomic E-state index is 0.765. The zero-order valence-electron chi connectivity index (χ0n) is 11.9. The lowest BCUT2D eigenvalue weighted by Gasteiger charge is -2.25. The van der Waals surface area contributed by atoms with Gasteiger partial charge in [0.25, 0.3) is 0 Å². The second-order valence-corrected chi connectivity index (χ2v) is 6.52. The quantitative estimate of drug-likeness (QED) is 0.911. The van der Waals surface area contributed by atoms with Crippen LogP contribution in [0.2, 0.25) is 0 Å². The monoisotopic (exact) mass is 305 g/mol. The fourth-order valence-corrected chi connectivity index (χ4v) is 3.94. The topological polar surface area (TPSA) is 67.5 Å². The number of anilines is 3. The van der Waals surface area contributed by atoms with Gasteiger partial charge in [-0.1, -0.05) is 11.3 Å². The molecule has 21 heavy (non-hydrogen) atoms. The smallest absolute Gasteiger partial charge is 0.188 e. The maximum absolute atomic E-state index is 6.20. The molecule has 2 fully saturated rings. The average molecular weight is 305 g/mol. The molecule has 0 aromatic carbocycles. The van der Waals surface area contributed by atoms with E-state index in [-0.39, 0.29) is 0 Å². The molecule has 2 aliphatic rings. The largest absolute Gasteiger partial charge is 0.396 e. The Labute approximate surface area is 127 Å². The van der Waals surface area contributed by atoms with Crippen molar-refractivity contribution in [1.29, 1.82) is 0 Å². The van der Waals surface area contributed by atoms with Crippen molar-refractivity contribution in [1.82, 2.24) is 9.97 Å². The number of ether oxygens (including phenoxy) is 1. The zero-order chi connectivity index (χ0) is 14.2. The summed E-state index contributed by atoms with van der Waals surface area (Å²) in [5, 5.41) is 1.03. The number of nitrogens with zero attached hydrogens (tertiary/aromatic N) is 4. The molecule has 0 spiro atoms. The van der Waals surface area contributed by atoms with E-state index in [1.54, 1.807) is 11.3 Å². The van der Waals surface area contributed by atoms with Crippen molar-refractivity contribution in [3.05, 3.63) is 6.07 Å². The van der Waals surface area contributed by atoms with Gasteiger partial charge in [-0.25, -0.2) is 4.98 Å². The number of rotatable bonds is 2. The highest BCUT2D eigenvalue weighted by molar-refractivity contribution is 7.22. The molecule has 0 aliphatic carbocycles. The van der Waals surface area contributed by atoms with Crippen LogP contribution in [-0.4, -0.2) is 49.4 Å². The van der Waals surface area contributed by atoms with Crippen LogP contribution in [-0.2, 0) is 4.74 Å². The highest BCUT2D eigenvalue weighted by Crippen LogP contribution is 2.34. The van der Waals surface area contributed by atoms with Crippen molar-refractivity contribution in [3.63, 3.8) is 0 Å². The Balaban J connectivity index is 1.70. The third-order valence-electron chi connectivity index (χ3n) is 4.07. The summed E-state index contributed by atoms with van der Waals surface area (Å²) in [5.41, 5.74) is 7.78. The number of aromatic nitrogens is 2. The molecule has 0 saturated carbocycles. The first-order chi connectivity index (χ1) is 10.3. The second kappa shape index (κ2) is 5.31. The van der Waals surface area contributed by atoms with Crippen molar-refractivity contribution in [3.8, 4) is 0 Å². The van der Waals surface area contributed by atoms with Gasteiger partial charge in [0.2, 0.25) is 0 Å². The number of hydrogen-bond donors (Lipinski definition) is 1. The Morgan fingerprint density at radius 2 is 1.81 bits per heavy atom. The van der Waals surface area contributed by atoms with E-state index in [4.69, 9.17) is 20.4 Å². The molecule has 7 heteroatoms. The molecule has 4 rings (SSSR count). The van der Waals surface area contributed by atoms with E-state index < -0.39 is 0 Å². The molecule has 0 atom stereocenters. The van der Waals surface area contributed by atoms with E-state index in [2.05, 4.69) is 9.80 Å². The first kappa shape index (κ1) is 13.1. The van der Waals surface area contributed by atoms with Gasteiger partial charge in [0, 0.05) is 26.2 Å². The van der Waals surface area contributed by atoms with Crippen LogP contribution < -0.4 is 15.5 Å². The highest BCUT2D eigenvalue weighted by Gasteiger charge is 2.20. The van der Waals surface area contributed by atoms with Crippen molar-refractivity contribution >= 4 is 38.3 Å². The molecule has 112 valence electrons. The van der Waals surface area contributed by atoms with Crippen LogP contribution in [0.3, 0.4) is 0 Å². The minimum Gasteiger partial charge on any atom is -0.396 e. The molecule has 2 aromatic rings. The van der Waals surface area contributed by atoms with Gasteiger partial charge in [0.1, 0.15) is 0 Å². The third kappa shape index (κ3) is 2.40. The number of thiazole rings is 1. The Morgan fingerprint density at radius 1 is 1.05 bits per heavy atom. The van der Waals surface area contributed by atoms with Gasteiger partial charge in [-0.15, -0.1) is 0 Å². The van der Waals surface area contributed by atoms with E-state index in [1.807, 2.05) is 6.07 Å². The molecular formula is C14H19N5OS. The van der Waals surface area contributed by atoms with Crippen molar-refractivity contribution in [2.24, 2.45) is 0 Å².